The van der Waals surface area contributed by atoms with Crippen LogP contribution in [0, 0.1) is 5.92 Å². The van der Waals surface area contributed by atoms with Gasteiger partial charge in [0.2, 0.25) is 0 Å². The fraction of sp³-hybridized carbons (Fsp3) is 0.556. The molecule has 1 unspecified atom stereocenters. The van der Waals surface area contributed by atoms with Gasteiger partial charge in [-0.15, -0.1) is 0 Å². The molecule has 0 radical (unpaired) electrons. The van der Waals surface area contributed by atoms with E-state index in [0.717, 1.165) is 35.3 Å². The van der Waals surface area contributed by atoms with E-state index in [9.17, 15) is 8.42 Å². The molecule has 1 saturated carbocycles. The van der Waals surface area contributed by atoms with Crippen LogP contribution in [0.5, 0.6) is 0 Å². The number of aromatic amines is 1. The van der Waals surface area contributed by atoms with Crippen molar-refractivity contribution in [3.63, 3.8) is 0 Å². The van der Waals surface area contributed by atoms with E-state index >= 15 is 0 Å². The Morgan fingerprint density at radius 1 is 1.21 bits per heavy atom. The average molecular weight is 404 g/mol. The summed E-state index contributed by atoms with van der Waals surface area (Å²) in [7, 11) is -3.48. The van der Waals surface area contributed by atoms with Crippen LogP contribution in [-0.2, 0) is 14.9 Å². The van der Waals surface area contributed by atoms with Crippen molar-refractivity contribution in [3.05, 3.63) is 30.4 Å². The summed E-state index contributed by atoms with van der Waals surface area (Å²) in [6.45, 7) is 3.91. The minimum absolute atomic E-state index is 0.0815. The first kappa shape index (κ1) is 18.0. The number of imidazole rings is 1. The summed E-state index contributed by atoms with van der Waals surface area (Å²) in [5, 5.41) is 0. The van der Waals surface area contributed by atoms with E-state index in [4.69, 9.17) is 4.74 Å². The zero-order valence-electron chi connectivity index (χ0n) is 15.7. The zero-order chi connectivity index (χ0) is 19.3. The summed E-state index contributed by atoms with van der Waals surface area (Å²) >= 11 is 0. The van der Waals surface area contributed by atoms with Crippen molar-refractivity contribution in [2.24, 2.45) is 5.92 Å². The van der Waals surface area contributed by atoms with Crippen LogP contribution >= 0.6 is 0 Å². The van der Waals surface area contributed by atoms with E-state index in [1.165, 1.54) is 4.31 Å². The van der Waals surface area contributed by atoms with Gasteiger partial charge in [0.15, 0.2) is 11.3 Å². The van der Waals surface area contributed by atoms with Crippen LogP contribution in [0.4, 0.5) is 0 Å². The second-order valence-electron chi connectivity index (χ2n) is 7.73. The maximum atomic E-state index is 12.7. The highest BCUT2D eigenvalue weighted by molar-refractivity contribution is 7.87. The first-order chi connectivity index (χ1) is 13.5. The molecule has 28 heavy (non-hydrogen) atoms. The number of H-pyrrole nitrogens is 1. The van der Waals surface area contributed by atoms with Crippen molar-refractivity contribution in [2.45, 2.75) is 31.7 Å². The van der Waals surface area contributed by atoms with Crippen molar-refractivity contribution in [2.75, 3.05) is 26.3 Å². The molecule has 3 atom stereocenters. The standard InChI is InChI=1S/C18H24N6O3S/c1-12-8-13(22-28(25,26)23-4-6-27-7-5-23)9-14(12)16-10-20-17-11-21-18-15(24(16)17)2-3-19-18/h2-3,10-14,19,22H,4-9H2,1H3/t12-,13?,14+/m1/s1. The molecular weight excluding hydrogens is 380 g/mol. The van der Waals surface area contributed by atoms with Crippen LogP contribution in [-0.4, -0.2) is 64.4 Å². The number of morpholine rings is 1. The van der Waals surface area contributed by atoms with E-state index in [0.29, 0.717) is 32.2 Å². The van der Waals surface area contributed by atoms with Gasteiger partial charge in [0.05, 0.1) is 24.9 Å². The predicted octanol–water partition coefficient (Wildman–Crippen LogP) is 1.26. The van der Waals surface area contributed by atoms with E-state index in [1.54, 1.807) is 6.20 Å². The molecule has 2 fully saturated rings. The van der Waals surface area contributed by atoms with Crippen molar-refractivity contribution >= 4 is 27.0 Å². The van der Waals surface area contributed by atoms with Gasteiger partial charge in [0, 0.05) is 43.1 Å². The Labute approximate surface area is 163 Å². The van der Waals surface area contributed by atoms with Gasteiger partial charge in [-0.2, -0.15) is 17.4 Å². The van der Waals surface area contributed by atoms with Crippen molar-refractivity contribution in [1.82, 2.24) is 28.4 Å². The van der Waals surface area contributed by atoms with Gasteiger partial charge in [-0.25, -0.2) is 9.97 Å². The van der Waals surface area contributed by atoms with Crippen LogP contribution in [0.1, 0.15) is 31.4 Å². The molecule has 2 N–H and O–H groups in total. The summed E-state index contributed by atoms with van der Waals surface area (Å²) in [4.78, 5) is 12.1. The molecule has 1 aliphatic carbocycles. The molecule has 0 bridgehead atoms. The number of rotatable bonds is 4. The Hall–Kier alpha value is -2.01. The van der Waals surface area contributed by atoms with Crippen LogP contribution in [0.15, 0.2) is 24.7 Å². The quantitative estimate of drug-likeness (QED) is 0.681. The molecule has 3 aromatic heterocycles. The summed E-state index contributed by atoms with van der Waals surface area (Å²) in [6.07, 6.45) is 7.11. The number of ether oxygens (including phenoxy) is 1. The second-order valence-corrected chi connectivity index (χ2v) is 9.44. The van der Waals surface area contributed by atoms with Gasteiger partial charge in [0.1, 0.15) is 0 Å². The van der Waals surface area contributed by atoms with Gasteiger partial charge in [-0.05, 0) is 24.8 Å². The summed E-state index contributed by atoms with van der Waals surface area (Å²) in [5.74, 6) is 0.576. The van der Waals surface area contributed by atoms with Crippen LogP contribution in [0.3, 0.4) is 0 Å². The summed E-state index contributed by atoms with van der Waals surface area (Å²) in [6, 6.07) is 1.92. The van der Waals surface area contributed by atoms with Gasteiger partial charge in [0.25, 0.3) is 10.2 Å². The smallest absolute Gasteiger partial charge is 0.279 e. The van der Waals surface area contributed by atoms with Crippen molar-refractivity contribution in [1.29, 1.82) is 0 Å². The minimum atomic E-state index is -3.48. The SMILES string of the molecule is C[C@@H]1CC(NS(=O)(=O)N2CCOCC2)C[C@@H]1c1cnc2cnc3[nH]ccc3n12. The lowest BCUT2D eigenvalue weighted by Crippen LogP contribution is -2.49. The van der Waals surface area contributed by atoms with E-state index in [2.05, 4.69) is 31.0 Å². The normalized spacial score (nSPS) is 27.1. The number of hydrogen-bond acceptors (Lipinski definition) is 5. The maximum absolute atomic E-state index is 12.7. The Bertz CT molecular complexity index is 1100. The van der Waals surface area contributed by atoms with Crippen LogP contribution in [0.2, 0.25) is 0 Å². The lowest BCUT2D eigenvalue weighted by Gasteiger charge is -2.27. The molecule has 9 nitrogen and oxygen atoms in total. The number of fused-ring (bicyclic) bond motifs is 3. The topological polar surface area (TPSA) is 105 Å². The molecule has 0 spiro atoms. The van der Waals surface area contributed by atoms with E-state index in [-0.39, 0.29) is 12.0 Å². The summed E-state index contributed by atoms with van der Waals surface area (Å²) < 4.78 is 37.3. The summed E-state index contributed by atoms with van der Waals surface area (Å²) in [5.41, 5.74) is 3.74. The number of aromatic nitrogens is 4. The number of hydrogen-bond donors (Lipinski definition) is 2. The van der Waals surface area contributed by atoms with Gasteiger partial charge in [-0.3, -0.25) is 4.40 Å². The molecule has 1 aliphatic heterocycles. The number of nitrogens with zero attached hydrogens (tertiary/aromatic N) is 4. The fourth-order valence-electron chi connectivity index (χ4n) is 4.58. The monoisotopic (exact) mass is 404 g/mol. The Kier molecular flexibility index (Phi) is 4.38. The molecule has 150 valence electrons. The number of nitrogens with one attached hydrogen (secondary N) is 2. The third-order valence-corrected chi connectivity index (χ3v) is 7.63. The highest BCUT2D eigenvalue weighted by Crippen LogP contribution is 2.40. The second kappa shape index (κ2) is 6.80. The van der Waals surface area contributed by atoms with Gasteiger partial charge in [-0.1, -0.05) is 6.92 Å². The zero-order valence-corrected chi connectivity index (χ0v) is 16.5. The van der Waals surface area contributed by atoms with E-state index < -0.39 is 10.2 Å². The first-order valence-corrected chi connectivity index (χ1v) is 11.1. The van der Waals surface area contributed by atoms with Gasteiger partial charge >= 0.3 is 0 Å². The molecule has 3 aromatic rings. The molecule has 1 saturated heterocycles. The first-order valence-electron chi connectivity index (χ1n) is 9.67. The highest BCUT2D eigenvalue weighted by Gasteiger charge is 2.37. The van der Waals surface area contributed by atoms with Crippen LogP contribution in [0.25, 0.3) is 16.8 Å². The molecule has 5 rings (SSSR count). The lowest BCUT2D eigenvalue weighted by atomic mass is 9.95. The predicted molar refractivity (Wildman–Crippen MR) is 104 cm³/mol. The van der Waals surface area contributed by atoms with Crippen molar-refractivity contribution in [3.8, 4) is 0 Å². The largest absolute Gasteiger partial charge is 0.379 e. The third-order valence-electron chi connectivity index (χ3n) is 5.96. The van der Waals surface area contributed by atoms with Gasteiger partial charge < -0.3 is 9.72 Å². The Morgan fingerprint density at radius 3 is 2.86 bits per heavy atom. The Balaban J connectivity index is 1.41. The molecule has 0 amide bonds. The Morgan fingerprint density at radius 2 is 2.04 bits per heavy atom. The van der Waals surface area contributed by atoms with Crippen molar-refractivity contribution < 1.29 is 13.2 Å². The molecule has 10 heteroatoms. The minimum Gasteiger partial charge on any atom is -0.379 e. The average Bonchev–Trinajstić information content (AvgIpc) is 3.39. The molecule has 0 aromatic carbocycles. The maximum Gasteiger partial charge on any atom is 0.279 e. The molecule has 4 heterocycles. The molecular formula is C18H24N6O3S. The molecule has 2 aliphatic rings. The van der Waals surface area contributed by atoms with E-state index in [1.807, 2.05) is 18.5 Å². The highest BCUT2D eigenvalue weighted by atomic mass is 32.2. The third kappa shape index (κ3) is 3.00. The fourth-order valence-corrected chi connectivity index (χ4v) is 5.97. The lowest BCUT2D eigenvalue weighted by molar-refractivity contribution is 0.0723. The van der Waals surface area contributed by atoms with Crippen LogP contribution < -0.4 is 4.72 Å².